The summed E-state index contributed by atoms with van der Waals surface area (Å²) < 4.78 is 0. The van der Waals surface area contributed by atoms with Crippen LogP contribution in [-0.2, 0) is 0 Å². The smallest absolute Gasteiger partial charge is 0.0120 e. The fourth-order valence-corrected chi connectivity index (χ4v) is 8.65. The molecule has 0 saturated heterocycles. The highest BCUT2D eigenvalue weighted by Gasteiger charge is 2.62. The highest BCUT2D eigenvalue weighted by Crippen LogP contribution is 2.69. The number of nitrogens with two attached hydrogens (primary N) is 1. The molecule has 3 fully saturated rings. The molecule has 0 aromatic carbocycles. The lowest BCUT2D eigenvalue weighted by Gasteiger charge is -2.65. The first-order valence-corrected chi connectivity index (χ1v) is 13.9. The molecule has 0 aliphatic heterocycles. The van der Waals surface area contributed by atoms with Crippen molar-refractivity contribution in [3.8, 4) is 0 Å². The van der Waals surface area contributed by atoms with Gasteiger partial charge in [0, 0.05) is 17.3 Å². The predicted molar refractivity (Wildman–Crippen MR) is 153 cm³/mol. The van der Waals surface area contributed by atoms with E-state index in [1.54, 1.807) is 0 Å². The van der Waals surface area contributed by atoms with Crippen molar-refractivity contribution in [2.24, 2.45) is 51.1 Å². The molecule has 0 aromatic heterocycles. The van der Waals surface area contributed by atoms with Crippen molar-refractivity contribution in [2.75, 3.05) is 0 Å². The molecule has 4 aliphatic carbocycles. The molecule has 4 rings (SSSR count). The summed E-state index contributed by atoms with van der Waals surface area (Å²) in [5, 5.41) is 8.52. The number of nitrogens with one attached hydrogen (secondary N) is 1. The lowest BCUT2D eigenvalue weighted by Crippen LogP contribution is -2.59. The monoisotopic (exact) mass is 472 g/mol. The van der Waals surface area contributed by atoms with Crippen molar-refractivity contribution in [1.29, 1.82) is 5.41 Å². The van der Waals surface area contributed by atoms with Crippen LogP contribution in [0.3, 0.4) is 0 Å². The van der Waals surface area contributed by atoms with E-state index in [4.69, 9.17) is 11.1 Å². The van der Waals surface area contributed by atoms with Crippen LogP contribution in [-0.4, -0.2) is 5.71 Å². The maximum Gasteiger partial charge on any atom is 0.0120 e. The molecule has 1 spiro atoms. The van der Waals surface area contributed by atoms with Gasteiger partial charge in [-0.05, 0) is 104 Å². The normalized spacial score (nSPS) is 40.2. The average molecular weight is 473 g/mol. The highest BCUT2D eigenvalue weighted by atomic mass is 14.7. The Bertz CT molecular complexity index is 717. The average Bonchev–Trinajstić information content (AvgIpc) is 2.80. The van der Waals surface area contributed by atoms with Crippen LogP contribution in [0.25, 0.3) is 0 Å². The van der Waals surface area contributed by atoms with Crippen LogP contribution in [0.15, 0.2) is 24.9 Å². The van der Waals surface area contributed by atoms with Gasteiger partial charge in [0.05, 0.1) is 0 Å². The van der Waals surface area contributed by atoms with Crippen LogP contribution in [0.2, 0.25) is 0 Å². The second kappa shape index (κ2) is 11.3. The first kappa shape index (κ1) is 31.0. The Morgan fingerprint density at radius 2 is 1.50 bits per heavy atom. The molecule has 0 heterocycles. The molecule has 34 heavy (non-hydrogen) atoms. The van der Waals surface area contributed by atoms with E-state index in [0.717, 1.165) is 18.1 Å². The van der Waals surface area contributed by atoms with Crippen molar-refractivity contribution in [1.82, 2.24) is 0 Å². The van der Waals surface area contributed by atoms with Gasteiger partial charge in [0.1, 0.15) is 0 Å². The van der Waals surface area contributed by atoms with Gasteiger partial charge in [0.25, 0.3) is 0 Å². The van der Waals surface area contributed by atoms with Crippen molar-refractivity contribution in [2.45, 2.75) is 127 Å². The fourth-order valence-electron chi connectivity index (χ4n) is 8.65. The van der Waals surface area contributed by atoms with Crippen molar-refractivity contribution < 1.29 is 0 Å². The van der Waals surface area contributed by atoms with Crippen LogP contribution in [0.4, 0.5) is 0 Å². The lowest BCUT2D eigenvalue weighted by molar-refractivity contribution is -0.131. The summed E-state index contributed by atoms with van der Waals surface area (Å²) in [4.78, 5) is 0. The van der Waals surface area contributed by atoms with E-state index < -0.39 is 0 Å². The van der Waals surface area contributed by atoms with Crippen LogP contribution < -0.4 is 5.73 Å². The number of allylic oxidation sites excluding steroid dienone is 2. The van der Waals surface area contributed by atoms with E-state index in [2.05, 4.69) is 60.8 Å². The minimum absolute atomic E-state index is 0. The highest BCUT2D eigenvalue weighted by molar-refractivity contribution is 5.84. The SMILES string of the molecule is C.C=C.CC.CC1C(=N)CCC2(C)C1CCC13CC(C)(C)CCC(C)(C)CCC1C(N)=CCC23. The Morgan fingerprint density at radius 3 is 2.12 bits per heavy atom. The van der Waals surface area contributed by atoms with E-state index in [0.29, 0.717) is 39.4 Å². The molecule has 3 saturated carbocycles. The molecule has 2 nitrogen and oxygen atoms in total. The molecular weight excluding hydrogens is 412 g/mol. The van der Waals surface area contributed by atoms with E-state index in [9.17, 15) is 0 Å². The maximum absolute atomic E-state index is 8.52. The topological polar surface area (TPSA) is 49.9 Å². The summed E-state index contributed by atoms with van der Waals surface area (Å²) in [6.07, 6.45) is 15.1. The zero-order chi connectivity index (χ0) is 25.2. The zero-order valence-electron chi connectivity index (χ0n) is 23.4. The molecule has 3 N–H and O–H groups in total. The fraction of sp³-hybridized carbons (Fsp3) is 0.844. The molecule has 0 bridgehead atoms. The third kappa shape index (κ3) is 5.52. The van der Waals surface area contributed by atoms with Crippen LogP contribution in [0.5, 0.6) is 0 Å². The molecule has 2 heteroatoms. The molecule has 4 aliphatic rings. The lowest BCUT2D eigenvalue weighted by atomic mass is 9.39. The number of rotatable bonds is 0. The standard InChI is InChI=1S/C27H46N2.C2H6.C2H4.CH4/c1-18-19-10-14-27-17-25(4,5)16-15-24(2,3)12-9-20(27)22(29)7-8-23(27)26(19,6)13-11-21(18)28;2*1-2;/h7,18-20,23,28H,8-17,29H2,1-6H3;1-2H3;1-2H2;1H4. The number of fused-ring (bicyclic) bond motifs is 2. The van der Waals surface area contributed by atoms with Crippen LogP contribution in [0.1, 0.15) is 127 Å². The zero-order valence-corrected chi connectivity index (χ0v) is 23.4. The van der Waals surface area contributed by atoms with Crippen molar-refractivity contribution in [3.05, 3.63) is 24.9 Å². The number of hydrogen-bond donors (Lipinski definition) is 2. The molecule has 0 amide bonds. The molecular formula is C32H60N2. The molecule has 198 valence electrons. The Kier molecular flexibility index (Phi) is 10.3. The number of hydrogen-bond acceptors (Lipinski definition) is 2. The molecule has 0 aromatic rings. The quantitative estimate of drug-likeness (QED) is 0.338. The molecule has 0 radical (unpaired) electrons. The first-order valence-electron chi connectivity index (χ1n) is 13.9. The van der Waals surface area contributed by atoms with E-state index in [1.807, 2.05) is 13.8 Å². The maximum atomic E-state index is 8.52. The predicted octanol–water partition coefficient (Wildman–Crippen LogP) is 9.80. The van der Waals surface area contributed by atoms with Gasteiger partial charge in [-0.3, -0.25) is 0 Å². The van der Waals surface area contributed by atoms with Gasteiger partial charge in [-0.1, -0.05) is 68.9 Å². The van der Waals surface area contributed by atoms with Gasteiger partial charge in [-0.25, -0.2) is 0 Å². The first-order chi connectivity index (χ1) is 15.4. The Labute approximate surface area is 214 Å². The van der Waals surface area contributed by atoms with Crippen molar-refractivity contribution in [3.63, 3.8) is 0 Å². The van der Waals surface area contributed by atoms with Gasteiger partial charge in [-0.2, -0.15) is 0 Å². The Hall–Kier alpha value is -1.05. The minimum atomic E-state index is 0. The summed E-state index contributed by atoms with van der Waals surface area (Å²) in [7, 11) is 0. The van der Waals surface area contributed by atoms with Crippen LogP contribution in [0, 0.1) is 50.7 Å². The van der Waals surface area contributed by atoms with E-state index in [-0.39, 0.29) is 7.43 Å². The van der Waals surface area contributed by atoms with Gasteiger partial charge in [0.15, 0.2) is 0 Å². The van der Waals surface area contributed by atoms with Gasteiger partial charge in [0.2, 0.25) is 0 Å². The summed E-state index contributed by atoms with van der Waals surface area (Å²) in [6.45, 7) is 25.0. The van der Waals surface area contributed by atoms with Gasteiger partial charge >= 0.3 is 0 Å². The van der Waals surface area contributed by atoms with E-state index >= 15 is 0 Å². The second-order valence-corrected chi connectivity index (χ2v) is 13.3. The van der Waals surface area contributed by atoms with Gasteiger partial charge in [-0.15, -0.1) is 13.2 Å². The van der Waals surface area contributed by atoms with Crippen LogP contribution >= 0.6 is 0 Å². The Morgan fingerprint density at radius 1 is 0.912 bits per heavy atom. The summed E-state index contributed by atoms with van der Waals surface area (Å²) in [5.74, 6) is 2.46. The van der Waals surface area contributed by atoms with Gasteiger partial charge < -0.3 is 11.1 Å². The third-order valence-electron chi connectivity index (χ3n) is 10.4. The second-order valence-electron chi connectivity index (χ2n) is 13.3. The largest absolute Gasteiger partial charge is 0.402 e. The van der Waals surface area contributed by atoms with E-state index in [1.165, 1.54) is 63.5 Å². The molecule has 6 unspecified atom stereocenters. The Balaban J connectivity index is 0.00000110. The molecule has 6 atom stereocenters. The summed E-state index contributed by atoms with van der Waals surface area (Å²) in [6, 6.07) is 0. The summed E-state index contributed by atoms with van der Waals surface area (Å²) in [5.41, 5.74) is 10.6. The minimum Gasteiger partial charge on any atom is -0.402 e. The summed E-state index contributed by atoms with van der Waals surface area (Å²) >= 11 is 0. The van der Waals surface area contributed by atoms with Crippen molar-refractivity contribution >= 4 is 5.71 Å². The third-order valence-corrected chi connectivity index (χ3v) is 10.4.